The number of rotatable bonds is 6. The number of hydrogen-bond acceptors (Lipinski definition) is 8. The second kappa shape index (κ2) is 9.64. The molecule has 0 amide bonds. The summed E-state index contributed by atoms with van der Waals surface area (Å²) in [5.41, 5.74) is 5.88. The van der Waals surface area contributed by atoms with Crippen LogP contribution in [0.2, 0.25) is 0 Å². The van der Waals surface area contributed by atoms with Crippen molar-refractivity contribution in [2.45, 2.75) is 53.6 Å². The van der Waals surface area contributed by atoms with Gasteiger partial charge in [-0.15, -0.1) is 5.10 Å². The Morgan fingerprint density at radius 2 is 1.97 bits per heavy atom. The zero-order valence-electron chi connectivity index (χ0n) is 20.9. The van der Waals surface area contributed by atoms with Crippen molar-refractivity contribution < 1.29 is 28.5 Å². The Hall–Kier alpha value is -3.88. The summed E-state index contributed by atoms with van der Waals surface area (Å²) in [5.74, 6) is 1.22. The van der Waals surface area contributed by atoms with Gasteiger partial charge in [-0.2, -0.15) is 0 Å². The molecule has 0 N–H and O–H groups in total. The van der Waals surface area contributed by atoms with E-state index in [1.165, 1.54) is 18.1 Å². The first-order valence-electron chi connectivity index (χ1n) is 12.1. The lowest BCUT2D eigenvalue weighted by Gasteiger charge is -2.31. The van der Waals surface area contributed by atoms with Gasteiger partial charge in [0.15, 0.2) is 11.5 Å². The van der Waals surface area contributed by atoms with Crippen molar-refractivity contribution in [3.05, 3.63) is 58.4 Å². The van der Waals surface area contributed by atoms with Crippen molar-refractivity contribution >= 4 is 11.9 Å². The van der Waals surface area contributed by atoms with Gasteiger partial charge < -0.3 is 18.9 Å². The Kier molecular flexibility index (Phi) is 6.38. The van der Waals surface area contributed by atoms with Gasteiger partial charge in [-0.3, -0.25) is 9.59 Å². The van der Waals surface area contributed by atoms with Gasteiger partial charge in [0, 0.05) is 13.0 Å². The molecule has 0 unspecified atom stereocenters. The van der Waals surface area contributed by atoms with Crippen LogP contribution in [-0.4, -0.2) is 33.7 Å². The first kappa shape index (κ1) is 23.8. The lowest BCUT2D eigenvalue weighted by atomic mass is 9.75. The fourth-order valence-corrected chi connectivity index (χ4v) is 5.00. The minimum Gasteiger partial charge on any atom is -0.459 e. The molecule has 3 aromatic rings. The average molecular weight is 492 g/mol. The summed E-state index contributed by atoms with van der Waals surface area (Å²) >= 11 is 0. The van der Waals surface area contributed by atoms with Crippen LogP contribution >= 0.6 is 0 Å². The number of nitrogens with zero attached hydrogens (tertiary/aromatic N) is 3. The van der Waals surface area contributed by atoms with E-state index >= 15 is 0 Å². The van der Waals surface area contributed by atoms with Crippen LogP contribution in [0.3, 0.4) is 0 Å². The quantitative estimate of drug-likeness (QED) is 0.376. The molecule has 188 valence electrons. The van der Waals surface area contributed by atoms with Crippen molar-refractivity contribution in [1.82, 2.24) is 15.0 Å². The van der Waals surface area contributed by atoms with Gasteiger partial charge in [0.2, 0.25) is 6.79 Å². The molecule has 0 saturated carbocycles. The summed E-state index contributed by atoms with van der Waals surface area (Å²) in [6, 6.07) is 7.44. The number of esters is 2. The van der Waals surface area contributed by atoms with E-state index in [2.05, 4.69) is 10.3 Å². The molecule has 2 atom stereocenters. The molecule has 0 spiro atoms. The second-order valence-corrected chi connectivity index (χ2v) is 9.46. The smallest absolute Gasteiger partial charge is 0.309 e. The summed E-state index contributed by atoms with van der Waals surface area (Å²) in [6.07, 6.45) is 4.26. The van der Waals surface area contributed by atoms with E-state index in [-0.39, 0.29) is 37.2 Å². The number of fused-ring (bicyclic) bond motifs is 2. The normalized spacial score (nSPS) is 16.8. The molecule has 9 nitrogen and oxygen atoms in total. The van der Waals surface area contributed by atoms with Gasteiger partial charge in [-0.25, -0.2) is 4.68 Å². The first-order chi connectivity index (χ1) is 17.3. The standard InChI is InChI=1S/C27H29N3O6/c1-15-9-25(36-18(4)31)17(3)23-10-19(5-7-22(15)23)16(2)27(32)33-13-20-12-30(29-28-20)21-6-8-24-26(11-21)35-14-34-24/h6,8-9,11-12,16,19H,5,7,10,13-14H2,1-4H3/t16-,19-/m1/s1. The number of aryl methyl sites for hydroxylation is 1. The van der Waals surface area contributed by atoms with Gasteiger partial charge in [0.05, 0.1) is 17.8 Å². The molecular weight excluding hydrogens is 462 g/mol. The fraction of sp³-hybridized carbons (Fsp3) is 0.407. The monoisotopic (exact) mass is 491 g/mol. The van der Waals surface area contributed by atoms with Crippen LogP contribution in [0.15, 0.2) is 30.5 Å². The highest BCUT2D eigenvalue weighted by Crippen LogP contribution is 2.38. The number of ether oxygens (including phenoxy) is 4. The molecule has 2 aromatic carbocycles. The predicted octanol–water partition coefficient (Wildman–Crippen LogP) is 4.02. The molecule has 0 fully saturated rings. The summed E-state index contributed by atoms with van der Waals surface area (Å²) in [7, 11) is 0. The number of hydrogen-bond donors (Lipinski definition) is 0. The maximum atomic E-state index is 12.9. The molecule has 1 aliphatic carbocycles. The van der Waals surface area contributed by atoms with E-state index < -0.39 is 0 Å². The highest BCUT2D eigenvalue weighted by molar-refractivity contribution is 5.73. The SMILES string of the molecule is CC(=O)Oc1cc(C)c2c(c1C)C[C@H]([C@@H](C)C(=O)OCc1cn(-c3ccc4c(c3)OCO4)nn1)CC2. The Morgan fingerprint density at radius 3 is 2.78 bits per heavy atom. The highest BCUT2D eigenvalue weighted by Gasteiger charge is 2.31. The van der Waals surface area contributed by atoms with E-state index in [1.54, 1.807) is 10.9 Å². The van der Waals surface area contributed by atoms with Gasteiger partial charge in [0.1, 0.15) is 18.1 Å². The minimum atomic E-state index is -0.336. The summed E-state index contributed by atoms with van der Waals surface area (Å²) in [5, 5.41) is 8.28. The fourth-order valence-electron chi connectivity index (χ4n) is 5.00. The van der Waals surface area contributed by atoms with Gasteiger partial charge in [-0.1, -0.05) is 12.1 Å². The lowest BCUT2D eigenvalue weighted by Crippen LogP contribution is -2.29. The Labute approximate surface area is 209 Å². The molecular formula is C27H29N3O6. The average Bonchev–Trinajstić information content (AvgIpc) is 3.53. The van der Waals surface area contributed by atoms with Crippen molar-refractivity contribution in [3.63, 3.8) is 0 Å². The zero-order valence-corrected chi connectivity index (χ0v) is 20.9. The molecule has 0 bridgehead atoms. The van der Waals surface area contributed by atoms with Crippen molar-refractivity contribution in [2.24, 2.45) is 11.8 Å². The van der Waals surface area contributed by atoms with Crippen LogP contribution in [0.4, 0.5) is 0 Å². The molecule has 9 heteroatoms. The van der Waals surface area contributed by atoms with Crippen LogP contribution < -0.4 is 14.2 Å². The number of benzene rings is 2. The van der Waals surface area contributed by atoms with Crippen molar-refractivity contribution in [2.75, 3.05) is 6.79 Å². The van der Waals surface area contributed by atoms with E-state index in [1.807, 2.05) is 45.0 Å². The molecule has 2 aliphatic rings. The Bertz CT molecular complexity index is 1330. The van der Waals surface area contributed by atoms with E-state index in [9.17, 15) is 9.59 Å². The number of carbonyl (C=O) groups excluding carboxylic acids is 2. The van der Waals surface area contributed by atoms with E-state index in [4.69, 9.17) is 18.9 Å². The molecule has 1 aromatic heterocycles. The van der Waals surface area contributed by atoms with Gasteiger partial charge >= 0.3 is 11.9 Å². The van der Waals surface area contributed by atoms with Crippen LogP contribution in [0, 0.1) is 25.7 Å². The second-order valence-electron chi connectivity index (χ2n) is 9.46. The van der Waals surface area contributed by atoms with Crippen molar-refractivity contribution in [1.29, 1.82) is 0 Å². The van der Waals surface area contributed by atoms with Crippen molar-refractivity contribution in [3.8, 4) is 22.9 Å². The Morgan fingerprint density at radius 1 is 1.17 bits per heavy atom. The van der Waals surface area contributed by atoms with E-state index in [0.29, 0.717) is 22.9 Å². The molecule has 0 saturated heterocycles. The maximum absolute atomic E-state index is 12.9. The maximum Gasteiger partial charge on any atom is 0.309 e. The number of aromatic nitrogens is 3. The molecule has 0 radical (unpaired) electrons. The lowest BCUT2D eigenvalue weighted by molar-refractivity contribution is -0.151. The van der Waals surface area contributed by atoms with E-state index in [0.717, 1.165) is 36.1 Å². The summed E-state index contributed by atoms with van der Waals surface area (Å²) in [4.78, 5) is 24.4. The predicted molar refractivity (Wildman–Crippen MR) is 129 cm³/mol. The Balaban J connectivity index is 1.22. The summed E-state index contributed by atoms with van der Waals surface area (Å²) < 4.78 is 23.4. The highest BCUT2D eigenvalue weighted by atomic mass is 16.7. The minimum absolute atomic E-state index is 0.0474. The zero-order chi connectivity index (χ0) is 25.4. The van der Waals surface area contributed by atoms with Crippen LogP contribution in [0.5, 0.6) is 17.2 Å². The summed E-state index contributed by atoms with van der Waals surface area (Å²) in [6.45, 7) is 7.59. The van der Waals surface area contributed by atoms with Gasteiger partial charge in [-0.05, 0) is 79.5 Å². The third-order valence-corrected chi connectivity index (χ3v) is 7.10. The third-order valence-electron chi connectivity index (χ3n) is 7.10. The molecule has 1 aliphatic heterocycles. The molecule has 5 rings (SSSR count). The van der Waals surface area contributed by atoms with Crippen LogP contribution in [-0.2, 0) is 33.8 Å². The first-order valence-corrected chi connectivity index (χ1v) is 12.1. The third kappa shape index (κ3) is 4.65. The topological polar surface area (TPSA) is 102 Å². The molecule has 36 heavy (non-hydrogen) atoms. The van der Waals surface area contributed by atoms with Crippen LogP contribution in [0.1, 0.15) is 48.2 Å². The number of carbonyl (C=O) groups is 2. The largest absolute Gasteiger partial charge is 0.459 e. The molecule has 2 heterocycles. The van der Waals surface area contributed by atoms with Gasteiger partial charge in [0.25, 0.3) is 0 Å². The van der Waals surface area contributed by atoms with Crippen LogP contribution in [0.25, 0.3) is 5.69 Å².